The Morgan fingerprint density at radius 3 is 2.78 bits per heavy atom. The van der Waals surface area contributed by atoms with Crippen molar-refractivity contribution in [1.29, 1.82) is 0 Å². The average molecular weight is 277 g/mol. The SMILES string of the molecule is NC(Cc1ccsc1)C1CCCC(C(F)(F)F)C1. The topological polar surface area (TPSA) is 26.0 Å². The highest BCUT2D eigenvalue weighted by atomic mass is 32.1. The van der Waals surface area contributed by atoms with Gasteiger partial charge in [-0.05, 0) is 54.0 Å². The van der Waals surface area contributed by atoms with Crippen LogP contribution in [0.1, 0.15) is 31.2 Å². The highest BCUT2D eigenvalue weighted by molar-refractivity contribution is 7.07. The van der Waals surface area contributed by atoms with Crippen LogP contribution in [0.3, 0.4) is 0 Å². The fraction of sp³-hybridized carbons (Fsp3) is 0.692. The van der Waals surface area contributed by atoms with Crippen molar-refractivity contribution in [3.8, 4) is 0 Å². The van der Waals surface area contributed by atoms with Crippen molar-refractivity contribution in [2.45, 2.75) is 44.3 Å². The fourth-order valence-electron chi connectivity index (χ4n) is 2.76. The zero-order valence-corrected chi connectivity index (χ0v) is 10.9. The molecule has 1 aromatic heterocycles. The molecule has 0 bridgehead atoms. The number of hydrogen-bond acceptors (Lipinski definition) is 2. The standard InChI is InChI=1S/C13H18F3NS/c14-13(15,16)11-3-1-2-10(7-11)12(17)6-9-4-5-18-8-9/h4-5,8,10-12H,1-3,6-7,17H2. The summed E-state index contributed by atoms with van der Waals surface area (Å²) in [5.41, 5.74) is 7.22. The highest BCUT2D eigenvalue weighted by Crippen LogP contribution is 2.41. The van der Waals surface area contributed by atoms with Gasteiger partial charge in [-0.15, -0.1) is 0 Å². The monoisotopic (exact) mass is 277 g/mol. The lowest BCUT2D eigenvalue weighted by molar-refractivity contribution is -0.186. The minimum Gasteiger partial charge on any atom is -0.327 e. The van der Waals surface area contributed by atoms with Crippen LogP contribution < -0.4 is 5.73 Å². The molecule has 0 aliphatic heterocycles. The summed E-state index contributed by atoms with van der Waals surface area (Å²) in [6.07, 6.45) is -1.41. The van der Waals surface area contributed by atoms with E-state index in [0.29, 0.717) is 12.8 Å². The summed E-state index contributed by atoms with van der Waals surface area (Å²) >= 11 is 1.60. The van der Waals surface area contributed by atoms with Gasteiger partial charge in [0.15, 0.2) is 0 Å². The molecule has 0 amide bonds. The molecule has 2 rings (SSSR count). The first-order valence-corrected chi connectivity index (χ1v) is 7.24. The minimum absolute atomic E-state index is 0.00488. The van der Waals surface area contributed by atoms with Crippen LogP contribution in [-0.2, 0) is 6.42 Å². The minimum atomic E-state index is -4.05. The van der Waals surface area contributed by atoms with Crippen molar-refractivity contribution in [3.05, 3.63) is 22.4 Å². The van der Waals surface area contributed by atoms with Gasteiger partial charge in [-0.1, -0.05) is 6.42 Å². The zero-order valence-electron chi connectivity index (χ0n) is 10.1. The molecule has 0 spiro atoms. The van der Waals surface area contributed by atoms with Gasteiger partial charge in [-0.2, -0.15) is 24.5 Å². The predicted molar refractivity (Wildman–Crippen MR) is 67.5 cm³/mol. The number of rotatable bonds is 3. The first-order chi connectivity index (χ1) is 8.47. The van der Waals surface area contributed by atoms with E-state index in [1.807, 2.05) is 16.8 Å². The molecule has 1 fully saturated rings. The molecule has 0 radical (unpaired) electrons. The van der Waals surface area contributed by atoms with E-state index in [0.717, 1.165) is 12.0 Å². The zero-order chi connectivity index (χ0) is 13.2. The molecular weight excluding hydrogens is 259 g/mol. The van der Waals surface area contributed by atoms with Gasteiger partial charge in [-0.25, -0.2) is 0 Å². The van der Waals surface area contributed by atoms with Crippen LogP contribution in [0, 0.1) is 11.8 Å². The average Bonchev–Trinajstić information content (AvgIpc) is 2.81. The fourth-order valence-corrected chi connectivity index (χ4v) is 3.44. The van der Waals surface area contributed by atoms with Gasteiger partial charge < -0.3 is 5.73 Å². The Morgan fingerprint density at radius 2 is 2.17 bits per heavy atom. The predicted octanol–water partition coefficient (Wildman–Crippen LogP) is 3.99. The number of hydrogen-bond donors (Lipinski definition) is 1. The molecule has 102 valence electrons. The van der Waals surface area contributed by atoms with E-state index in [-0.39, 0.29) is 24.8 Å². The molecule has 1 aliphatic carbocycles. The van der Waals surface area contributed by atoms with E-state index in [1.165, 1.54) is 0 Å². The Bertz CT molecular complexity index is 361. The summed E-state index contributed by atoms with van der Waals surface area (Å²) in [6, 6.07) is 1.85. The molecular formula is C13H18F3NS. The summed E-state index contributed by atoms with van der Waals surface area (Å²) in [4.78, 5) is 0. The van der Waals surface area contributed by atoms with Gasteiger partial charge in [0.2, 0.25) is 0 Å². The highest BCUT2D eigenvalue weighted by Gasteiger charge is 2.43. The lowest BCUT2D eigenvalue weighted by atomic mass is 9.76. The number of nitrogens with two attached hydrogens (primary N) is 1. The summed E-state index contributed by atoms with van der Waals surface area (Å²) < 4.78 is 38.1. The second-order valence-electron chi connectivity index (χ2n) is 5.16. The molecule has 1 aliphatic rings. The second kappa shape index (κ2) is 5.61. The molecule has 1 aromatic rings. The Balaban J connectivity index is 1.92. The van der Waals surface area contributed by atoms with Crippen molar-refractivity contribution in [2.75, 3.05) is 0 Å². The van der Waals surface area contributed by atoms with Crippen LogP contribution >= 0.6 is 11.3 Å². The largest absolute Gasteiger partial charge is 0.391 e. The van der Waals surface area contributed by atoms with Crippen LogP contribution in [0.25, 0.3) is 0 Å². The van der Waals surface area contributed by atoms with E-state index in [1.54, 1.807) is 11.3 Å². The smallest absolute Gasteiger partial charge is 0.327 e. The van der Waals surface area contributed by atoms with E-state index >= 15 is 0 Å². The number of alkyl halides is 3. The molecule has 5 heteroatoms. The second-order valence-corrected chi connectivity index (χ2v) is 5.94. The van der Waals surface area contributed by atoms with Crippen molar-refractivity contribution < 1.29 is 13.2 Å². The maximum absolute atomic E-state index is 12.7. The van der Waals surface area contributed by atoms with Gasteiger partial charge in [-0.3, -0.25) is 0 Å². The third-order valence-electron chi connectivity index (χ3n) is 3.83. The molecule has 3 atom stereocenters. The van der Waals surface area contributed by atoms with Crippen molar-refractivity contribution in [3.63, 3.8) is 0 Å². The lowest BCUT2D eigenvalue weighted by Gasteiger charge is -2.33. The van der Waals surface area contributed by atoms with Gasteiger partial charge in [0, 0.05) is 6.04 Å². The molecule has 18 heavy (non-hydrogen) atoms. The summed E-state index contributed by atoms with van der Waals surface area (Å²) in [7, 11) is 0. The normalized spacial score (nSPS) is 27.1. The van der Waals surface area contributed by atoms with Crippen LogP contribution in [0.4, 0.5) is 13.2 Å². The van der Waals surface area contributed by atoms with E-state index < -0.39 is 12.1 Å². The molecule has 0 aromatic carbocycles. The van der Waals surface area contributed by atoms with Gasteiger partial charge >= 0.3 is 6.18 Å². The number of halogens is 3. The van der Waals surface area contributed by atoms with Gasteiger partial charge in [0.25, 0.3) is 0 Å². The van der Waals surface area contributed by atoms with Crippen LogP contribution in [-0.4, -0.2) is 12.2 Å². The third-order valence-corrected chi connectivity index (χ3v) is 4.57. The van der Waals surface area contributed by atoms with Crippen LogP contribution in [0.15, 0.2) is 16.8 Å². The summed E-state index contributed by atoms with van der Waals surface area (Å²) in [5, 5.41) is 3.99. The van der Waals surface area contributed by atoms with Gasteiger partial charge in [0.05, 0.1) is 5.92 Å². The van der Waals surface area contributed by atoms with Crippen molar-refractivity contribution in [1.82, 2.24) is 0 Å². The summed E-state index contributed by atoms with van der Waals surface area (Å²) in [6.45, 7) is 0. The third kappa shape index (κ3) is 3.48. The molecule has 1 heterocycles. The molecule has 1 nitrogen and oxygen atoms in total. The maximum atomic E-state index is 12.7. The molecule has 2 N–H and O–H groups in total. The van der Waals surface area contributed by atoms with Gasteiger partial charge in [0.1, 0.15) is 0 Å². The van der Waals surface area contributed by atoms with E-state index in [2.05, 4.69) is 0 Å². The Morgan fingerprint density at radius 1 is 1.39 bits per heavy atom. The quantitative estimate of drug-likeness (QED) is 0.888. The molecule has 1 saturated carbocycles. The summed E-state index contributed by atoms with van der Waals surface area (Å²) in [5.74, 6) is -1.14. The lowest BCUT2D eigenvalue weighted by Crippen LogP contribution is -2.38. The Kier molecular flexibility index (Phi) is 4.33. The first kappa shape index (κ1) is 13.9. The van der Waals surface area contributed by atoms with Crippen molar-refractivity contribution in [2.24, 2.45) is 17.6 Å². The number of thiophene rings is 1. The first-order valence-electron chi connectivity index (χ1n) is 6.30. The van der Waals surface area contributed by atoms with Crippen molar-refractivity contribution >= 4 is 11.3 Å². The Labute approximate surface area is 109 Å². The molecule has 0 saturated heterocycles. The van der Waals surface area contributed by atoms with Crippen LogP contribution in [0.2, 0.25) is 0 Å². The van der Waals surface area contributed by atoms with E-state index in [4.69, 9.17) is 5.73 Å². The molecule has 3 unspecified atom stereocenters. The Hall–Kier alpha value is -0.550. The maximum Gasteiger partial charge on any atom is 0.391 e. The van der Waals surface area contributed by atoms with Crippen LogP contribution in [0.5, 0.6) is 0 Å². The van der Waals surface area contributed by atoms with E-state index in [9.17, 15) is 13.2 Å².